The Morgan fingerprint density at radius 1 is 0.274 bits per heavy atom. The van der Waals surface area contributed by atoms with Gasteiger partial charge in [0, 0.05) is 19.3 Å². The standard InChI is InChI=1S/C67H116O6/c1-4-7-10-13-16-19-22-25-28-29-30-31-32-33-34-35-36-37-40-42-45-48-51-54-57-60-66(69)72-63-64(73-67(70)61-58-55-52-49-46-43-39-27-24-21-18-15-12-9-6-3)62-71-65(68)59-56-53-50-47-44-41-38-26-23-20-17-14-11-8-5-2/h17-18,20-22,25-27,29-30,32-33,38-39,64H,4-16,19,23-24,28,31,34-37,40-63H2,1-3H3/b20-17-,21-18-,25-22-,30-29-,33-32-,38-26-,39-27-. The summed E-state index contributed by atoms with van der Waals surface area (Å²) in [6.07, 6.45) is 80.1. The largest absolute Gasteiger partial charge is 0.462 e. The van der Waals surface area contributed by atoms with E-state index in [4.69, 9.17) is 14.2 Å². The van der Waals surface area contributed by atoms with Crippen molar-refractivity contribution in [3.63, 3.8) is 0 Å². The van der Waals surface area contributed by atoms with E-state index >= 15 is 0 Å². The topological polar surface area (TPSA) is 78.9 Å². The summed E-state index contributed by atoms with van der Waals surface area (Å²) in [6.45, 7) is 6.57. The van der Waals surface area contributed by atoms with Crippen LogP contribution in [0, 0.1) is 0 Å². The van der Waals surface area contributed by atoms with Crippen LogP contribution < -0.4 is 0 Å². The highest BCUT2D eigenvalue weighted by atomic mass is 16.6. The molecule has 0 aliphatic heterocycles. The minimum absolute atomic E-state index is 0.0885. The molecule has 1 unspecified atom stereocenters. The molecule has 0 aromatic carbocycles. The first-order valence-corrected chi connectivity index (χ1v) is 31.1. The van der Waals surface area contributed by atoms with Crippen LogP contribution in [0.1, 0.15) is 303 Å². The molecule has 0 amide bonds. The number of esters is 3. The number of hydrogen-bond donors (Lipinski definition) is 0. The summed E-state index contributed by atoms with van der Waals surface area (Å²) in [5.74, 6) is -0.912. The predicted octanol–water partition coefficient (Wildman–Crippen LogP) is 21.1. The number of carbonyl (C=O) groups is 3. The van der Waals surface area contributed by atoms with Crippen LogP contribution in [0.2, 0.25) is 0 Å². The molecule has 0 radical (unpaired) electrons. The van der Waals surface area contributed by atoms with Gasteiger partial charge in [-0.3, -0.25) is 14.4 Å². The Balaban J connectivity index is 4.35. The maximum atomic E-state index is 12.9. The zero-order chi connectivity index (χ0) is 52.9. The average molecular weight is 1020 g/mol. The second kappa shape index (κ2) is 61.1. The molecule has 0 bridgehead atoms. The summed E-state index contributed by atoms with van der Waals surface area (Å²) in [7, 11) is 0. The van der Waals surface area contributed by atoms with Gasteiger partial charge in [-0.2, -0.15) is 0 Å². The number of allylic oxidation sites excluding steroid dienone is 14. The van der Waals surface area contributed by atoms with E-state index in [9.17, 15) is 14.4 Å². The molecule has 0 spiro atoms. The minimum Gasteiger partial charge on any atom is -0.462 e. The van der Waals surface area contributed by atoms with E-state index in [1.54, 1.807) is 0 Å². The molecule has 0 aromatic heterocycles. The quantitative estimate of drug-likeness (QED) is 0.0261. The Hall–Kier alpha value is -3.41. The normalized spacial score (nSPS) is 12.6. The molecule has 0 aliphatic rings. The molecule has 0 aromatic rings. The number of carbonyl (C=O) groups excluding carboxylic acids is 3. The monoisotopic (exact) mass is 1020 g/mol. The lowest BCUT2D eigenvalue weighted by atomic mass is 10.1. The molecule has 0 fully saturated rings. The van der Waals surface area contributed by atoms with Gasteiger partial charge in [-0.15, -0.1) is 0 Å². The fourth-order valence-electron chi connectivity index (χ4n) is 8.63. The van der Waals surface area contributed by atoms with E-state index in [-0.39, 0.29) is 31.1 Å². The van der Waals surface area contributed by atoms with E-state index in [1.807, 2.05) is 0 Å². The van der Waals surface area contributed by atoms with Gasteiger partial charge < -0.3 is 14.2 Å². The van der Waals surface area contributed by atoms with E-state index in [0.29, 0.717) is 19.3 Å². The third-order valence-corrected chi connectivity index (χ3v) is 13.3. The third kappa shape index (κ3) is 59.3. The van der Waals surface area contributed by atoms with E-state index in [1.165, 1.54) is 141 Å². The van der Waals surface area contributed by atoms with Crippen LogP contribution in [-0.2, 0) is 28.6 Å². The van der Waals surface area contributed by atoms with E-state index < -0.39 is 6.10 Å². The number of rotatable bonds is 56. The molecule has 0 N–H and O–H groups in total. The first kappa shape index (κ1) is 69.6. The van der Waals surface area contributed by atoms with Gasteiger partial charge in [0.2, 0.25) is 0 Å². The van der Waals surface area contributed by atoms with Crippen LogP contribution in [0.5, 0.6) is 0 Å². The fraction of sp³-hybridized carbons (Fsp3) is 0.746. The first-order chi connectivity index (χ1) is 36.0. The van der Waals surface area contributed by atoms with Crippen molar-refractivity contribution in [3.8, 4) is 0 Å². The minimum atomic E-state index is -0.793. The van der Waals surface area contributed by atoms with Crippen LogP contribution in [-0.4, -0.2) is 37.2 Å². The average Bonchev–Trinajstić information content (AvgIpc) is 3.39. The van der Waals surface area contributed by atoms with Gasteiger partial charge in [0.05, 0.1) is 0 Å². The lowest BCUT2D eigenvalue weighted by molar-refractivity contribution is -0.167. The second-order valence-corrected chi connectivity index (χ2v) is 20.6. The molecule has 0 heterocycles. The van der Waals surface area contributed by atoms with E-state index in [0.717, 1.165) is 122 Å². The second-order valence-electron chi connectivity index (χ2n) is 20.6. The number of ether oxygens (including phenoxy) is 3. The Kier molecular flexibility index (Phi) is 58.3. The SMILES string of the molecule is CCCCC/C=C\C/C=C\CCCCCCCC(=O)OCC(COC(=O)CCCCCCCCCCCC/C=C\C/C=C\C/C=C\CCCCCCC)OC(=O)CCCCCCC/C=C\C/C=C\CCCCC. The van der Waals surface area contributed by atoms with E-state index in [2.05, 4.69) is 106 Å². The molecule has 6 nitrogen and oxygen atoms in total. The van der Waals surface area contributed by atoms with Crippen molar-refractivity contribution in [1.82, 2.24) is 0 Å². The maximum absolute atomic E-state index is 12.9. The highest BCUT2D eigenvalue weighted by Crippen LogP contribution is 2.15. The lowest BCUT2D eigenvalue weighted by Crippen LogP contribution is -2.30. The van der Waals surface area contributed by atoms with Crippen molar-refractivity contribution in [2.75, 3.05) is 13.2 Å². The Labute approximate surface area is 452 Å². The summed E-state index contributed by atoms with van der Waals surface area (Å²) < 4.78 is 16.9. The van der Waals surface area contributed by atoms with Crippen molar-refractivity contribution in [2.24, 2.45) is 0 Å². The van der Waals surface area contributed by atoms with Gasteiger partial charge in [-0.1, -0.05) is 247 Å². The lowest BCUT2D eigenvalue weighted by Gasteiger charge is -2.18. The van der Waals surface area contributed by atoms with Gasteiger partial charge in [0.1, 0.15) is 13.2 Å². The summed E-state index contributed by atoms with van der Waals surface area (Å²) in [6, 6.07) is 0. The molecular weight excluding hydrogens is 901 g/mol. The van der Waals surface area contributed by atoms with Gasteiger partial charge >= 0.3 is 17.9 Å². The summed E-state index contributed by atoms with van der Waals surface area (Å²) in [4.78, 5) is 38.2. The highest BCUT2D eigenvalue weighted by molar-refractivity contribution is 5.71. The third-order valence-electron chi connectivity index (χ3n) is 13.3. The first-order valence-electron chi connectivity index (χ1n) is 31.1. The van der Waals surface area contributed by atoms with Crippen molar-refractivity contribution in [3.05, 3.63) is 85.1 Å². The molecule has 0 aliphatic carbocycles. The van der Waals surface area contributed by atoms with Crippen molar-refractivity contribution < 1.29 is 28.6 Å². The van der Waals surface area contributed by atoms with Gasteiger partial charge in [-0.25, -0.2) is 0 Å². The number of unbranched alkanes of at least 4 members (excludes halogenated alkanes) is 31. The number of hydrogen-bond acceptors (Lipinski definition) is 6. The highest BCUT2D eigenvalue weighted by Gasteiger charge is 2.19. The molecule has 0 rings (SSSR count). The zero-order valence-electron chi connectivity index (χ0n) is 48.1. The Morgan fingerprint density at radius 3 is 0.795 bits per heavy atom. The van der Waals surface area contributed by atoms with Crippen LogP contribution in [0.25, 0.3) is 0 Å². The molecule has 73 heavy (non-hydrogen) atoms. The zero-order valence-corrected chi connectivity index (χ0v) is 48.1. The van der Waals surface area contributed by atoms with Crippen LogP contribution in [0.4, 0.5) is 0 Å². The smallest absolute Gasteiger partial charge is 0.306 e. The van der Waals surface area contributed by atoms with Crippen LogP contribution in [0.3, 0.4) is 0 Å². The summed E-state index contributed by atoms with van der Waals surface area (Å²) in [5, 5.41) is 0. The molecular formula is C67H116O6. The molecule has 6 heteroatoms. The van der Waals surface area contributed by atoms with Crippen LogP contribution in [0.15, 0.2) is 85.1 Å². The van der Waals surface area contributed by atoms with Crippen molar-refractivity contribution in [1.29, 1.82) is 0 Å². The van der Waals surface area contributed by atoms with Gasteiger partial charge in [0.25, 0.3) is 0 Å². The summed E-state index contributed by atoms with van der Waals surface area (Å²) >= 11 is 0. The molecule has 0 saturated carbocycles. The van der Waals surface area contributed by atoms with Crippen molar-refractivity contribution >= 4 is 17.9 Å². The fourth-order valence-corrected chi connectivity index (χ4v) is 8.63. The predicted molar refractivity (Wildman–Crippen MR) is 316 cm³/mol. The Bertz CT molecular complexity index is 1400. The van der Waals surface area contributed by atoms with Gasteiger partial charge in [0.15, 0.2) is 6.10 Å². The molecule has 0 saturated heterocycles. The molecule has 1 atom stereocenters. The summed E-state index contributed by atoms with van der Waals surface area (Å²) in [5.41, 5.74) is 0. The maximum Gasteiger partial charge on any atom is 0.306 e. The van der Waals surface area contributed by atoms with Gasteiger partial charge in [-0.05, 0) is 122 Å². The Morgan fingerprint density at radius 2 is 0.493 bits per heavy atom. The van der Waals surface area contributed by atoms with Crippen LogP contribution >= 0.6 is 0 Å². The molecule has 420 valence electrons. The van der Waals surface area contributed by atoms with Crippen molar-refractivity contribution in [2.45, 2.75) is 309 Å².